The Kier molecular flexibility index (Phi) is 3.95. The Morgan fingerprint density at radius 2 is 1.81 bits per heavy atom. The molecule has 4 fully saturated rings. The fourth-order valence-electron chi connectivity index (χ4n) is 4.86. The summed E-state index contributed by atoms with van der Waals surface area (Å²) in [4.78, 5) is 27.1. The number of nitrogens with one attached hydrogen (secondary N) is 1. The molecule has 26 heavy (non-hydrogen) atoms. The van der Waals surface area contributed by atoms with Crippen LogP contribution in [0.15, 0.2) is 0 Å². The number of amides is 3. The third-order valence-corrected chi connectivity index (χ3v) is 6.65. The molecule has 9 heteroatoms. The largest absolute Gasteiger partial charge is 0.406 e. The van der Waals surface area contributed by atoms with Gasteiger partial charge >= 0.3 is 12.2 Å². The van der Waals surface area contributed by atoms with Crippen molar-refractivity contribution in [1.82, 2.24) is 15.1 Å². The summed E-state index contributed by atoms with van der Waals surface area (Å²) in [6, 6.07) is -0.0463. The van der Waals surface area contributed by atoms with E-state index in [-0.39, 0.29) is 42.0 Å². The fraction of sp³-hybridized carbons (Fsp3) is 0.882. The van der Waals surface area contributed by atoms with Crippen LogP contribution < -0.4 is 11.1 Å². The summed E-state index contributed by atoms with van der Waals surface area (Å²) in [7, 11) is 0. The predicted molar refractivity (Wildman–Crippen MR) is 87.0 cm³/mol. The van der Waals surface area contributed by atoms with Crippen molar-refractivity contribution in [2.45, 2.75) is 43.8 Å². The van der Waals surface area contributed by atoms with E-state index in [2.05, 4.69) is 5.32 Å². The number of hydrogen-bond acceptors (Lipinski definition) is 3. The van der Waals surface area contributed by atoms with Crippen molar-refractivity contribution in [1.29, 1.82) is 0 Å². The topological polar surface area (TPSA) is 78.7 Å². The van der Waals surface area contributed by atoms with E-state index in [4.69, 9.17) is 5.73 Å². The van der Waals surface area contributed by atoms with Gasteiger partial charge in [0, 0.05) is 31.6 Å². The third kappa shape index (κ3) is 2.93. The van der Waals surface area contributed by atoms with Crippen molar-refractivity contribution in [3.63, 3.8) is 0 Å². The van der Waals surface area contributed by atoms with Crippen molar-refractivity contribution in [2.75, 3.05) is 32.7 Å². The highest BCUT2D eigenvalue weighted by molar-refractivity contribution is 5.80. The highest BCUT2D eigenvalue weighted by atomic mass is 19.4. The summed E-state index contributed by atoms with van der Waals surface area (Å²) in [5.74, 6) is -0.350. The van der Waals surface area contributed by atoms with Gasteiger partial charge in [0.15, 0.2) is 0 Å². The van der Waals surface area contributed by atoms with Crippen molar-refractivity contribution in [3.8, 4) is 0 Å². The molecule has 2 saturated heterocycles. The zero-order chi connectivity index (χ0) is 18.7. The van der Waals surface area contributed by atoms with Crippen molar-refractivity contribution in [3.05, 3.63) is 0 Å². The number of primary amides is 1. The van der Waals surface area contributed by atoms with Gasteiger partial charge in [0.25, 0.3) is 0 Å². The monoisotopic (exact) mass is 374 g/mol. The molecule has 4 aliphatic rings. The first-order valence-corrected chi connectivity index (χ1v) is 9.28. The number of nitrogens with two attached hydrogens (primary N) is 1. The maximum absolute atomic E-state index is 12.9. The molecule has 2 heterocycles. The zero-order valence-corrected chi connectivity index (χ0v) is 14.6. The summed E-state index contributed by atoms with van der Waals surface area (Å²) >= 11 is 0. The first kappa shape index (κ1) is 17.9. The summed E-state index contributed by atoms with van der Waals surface area (Å²) in [5, 5.41) is 2.73. The smallest absolute Gasteiger partial charge is 0.369 e. The average molecular weight is 374 g/mol. The molecule has 0 aromatic carbocycles. The molecule has 3 amide bonds. The lowest BCUT2D eigenvalue weighted by Gasteiger charge is -2.59. The predicted octanol–water partition coefficient (Wildman–Crippen LogP) is 1.31. The van der Waals surface area contributed by atoms with E-state index in [0.29, 0.717) is 39.1 Å². The van der Waals surface area contributed by atoms with Crippen LogP contribution in [0.2, 0.25) is 0 Å². The van der Waals surface area contributed by atoms with Gasteiger partial charge in [0.05, 0.1) is 5.92 Å². The van der Waals surface area contributed by atoms with Crippen LogP contribution >= 0.6 is 0 Å². The molecule has 4 rings (SSSR count). The summed E-state index contributed by atoms with van der Waals surface area (Å²) < 4.78 is 38.8. The van der Waals surface area contributed by atoms with Crippen LogP contribution in [-0.4, -0.2) is 66.2 Å². The van der Waals surface area contributed by atoms with E-state index >= 15 is 0 Å². The Bertz CT molecular complexity index is 606. The minimum atomic E-state index is -4.16. The number of carbonyl (C=O) groups excluding carboxylic acids is 2. The van der Waals surface area contributed by atoms with E-state index in [0.717, 1.165) is 12.8 Å². The maximum atomic E-state index is 12.9. The van der Waals surface area contributed by atoms with Crippen molar-refractivity contribution >= 4 is 11.9 Å². The lowest BCUT2D eigenvalue weighted by atomic mass is 9.57. The molecule has 6 nitrogen and oxygen atoms in total. The van der Waals surface area contributed by atoms with Crippen LogP contribution in [-0.2, 0) is 4.79 Å². The Morgan fingerprint density at radius 3 is 2.31 bits per heavy atom. The highest BCUT2D eigenvalue weighted by Crippen LogP contribution is 2.53. The Balaban J connectivity index is 1.18. The van der Waals surface area contributed by atoms with Gasteiger partial charge in [0.1, 0.15) is 5.54 Å². The van der Waals surface area contributed by atoms with Gasteiger partial charge < -0.3 is 20.9 Å². The second-order valence-electron chi connectivity index (χ2n) is 8.71. The van der Waals surface area contributed by atoms with Gasteiger partial charge in [-0.1, -0.05) is 0 Å². The number of nitrogens with zero attached hydrogens (tertiary/aromatic N) is 2. The molecular weight excluding hydrogens is 349 g/mol. The van der Waals surface area contributed by atoms with Gasteiger partial charge in [-0.05, 0) is 44.6 Å². The summed E-state index contributed by atoms with van der Waals surface area (Å²) in [5.41, 5.74) is 3.76. The van der Waals surface area contributed by atoms with Gasteiger partial charge in [-0.2, -0.15) is 13.2 Å². The van der Waals surface area contributed by atoms with E-state index in [1.807, 2.05) is 0 Å². The SMILES string of the molecule is NC(=O)[C@H]1CCN(C(=O)N2CC3(CC(CNC4(C(F)(F)F)CC4)C3)C2)C1. The second kappa shape index (κ2) is 5.74. The first-order chi connectivity index (χ1) is 12.1. The first-order valence-electron chi connectivity index (χ1n) is 9.28. The molecule has 0 unspecified atom stereocenters. The standard InChI is InChI=1S/C17H25F3N4O2/c18-17(19,20)16(2-3-16)22-7-11-5-15(6-11)9-24(10-15)14(26)23-4-1-12(8-23)13(21)25/h11-12,22H,1-10H2,(H2,21,25)/t12-/m0/s1. The van der Waals surface area contributed by atoms with Gasteiger partial charge in [-0.25, -0.2) is 4.79 Å². The Morgan fingerprint density at radius 1 is 1.15 bits per heavy atom. The Hall–Kier alpha value is -1.51. The number of hydrogen-bond donors (Lipinski definition) is 2. The molecule has 2 saturated carbocycles. The normalized spacial score (nSPS) is 29.4. The molecule has 2 aliphatic carbocycles. The van der Waals surface area contributed by atoms with Crippen molar-refractivity contribution < 1.29 is 22.8 Å². The van der Waals surface area contributed by atoms with Crippen LogP contribution in [0.3, 0.4) is 0 Å². The van der Waals surface area contributed by atoms with Crippen LogP contribution in [0.4, 0.5) is 18.0 Å². The zero-order valence-electron chi connectivity index (χ0n) is 14.6. The minimum absolute atomic E-state index is 0.0463. The average Bonchev–Trinajstić information content (AvgIpc) is 3.11. The molecule has 146 valence electrons. The van der Waals surface area contributed by atoms with Gasteiger partial charge in [-0.3, -0.25) is 4.79 Å². The van der Waals surface area contributed by atoms with E-state index in [1.54, 1.807) is 9.80 Å². The van der Waals surface area contributed by atoms with E-state index in [9.17, 15) is 22.8 Å². The second-order valence-corrected chi connectivity index (χ2v) is 8.71. The van der Waals surface area contributed by atoms with Crippen molar-refractivity contribution in [2.24, 2.45) is 23.0 Å². The summed E-state index contributed by atoms with van der Waals surface area (Å²) in [6.07, 6.45) is -1.43. The van der Waals surface area contributed by atoms with E-state index < -0.39 is 11.7 Å². The maximum Gasteiger partial charge on any atom is 0.406 e. The number of likely N-dealkylation sites (tertiary alicyclic amines) is 2. The van der Waals surface area contributed by atoms with Crippen LogP contribution in [0.1, 0.15) is 32.1 Å². The molecule has 0 radical (unpaired) electrons. The molecule has 0 aromatic rings. The molecule has 1 atom stereocenters. The lowest BCUT2D eigenvalue weighted by molar-refractivity contribution is -0.168. The highest BCUT2D eigenvalue weighted by Gasteiger charge is 2.63. The quantitative estimate of drug-likeness (QED) is 0.779. The number of urea groups is 1. The molecule has 0 aromatic heterocycles. The third-order valence-electron chi connectivity index (χ3n) is 6.65. The Labute approximate surface area is 150 Å². The molecule has 2 aliphatic heterocycles. The lowest BCUT2D eigenvalue weighted by Crippen LogP contribution is -2.66. The molecule has 0 bridgehead atoms. The minimum Gasteiger partial charge on any atom is -0.369 e. The number of alkyl halides is 3. The number of halogens is 3. The van der Waals surface area contributed by atoms with Gasteiger partial charge in [0.2, 0.25) is 5.91 Å². The van der Waals surface area contributed by atoms with Crippen LogP contribution in [0, 0.1) is 17.3 Å². The van der Waals surface area contributed by atoms with Crippen LogP contribution in [0.25, 0.3) is 0 Å². The molecular formula is C17H25F3N4O2. The van der Waals surface area contributed by atoms with Gasteiger partial charge in [-0.15, -0.1) is 0 Å². The number of rotatable bonds is 4. The van der Waals surface area contributed by atoms with E-state index in [1.165, 1.54) is 0 Å². The summed E-state index contributed by atoms with van der Waals surface area (Å²) in [6.45, 7) is 2.70. The fourth-order valence-corrected chi connectivity index (χ4v) is 4.86. The number of carbonyl (C=O) groups is 2. The van der Waals surface area contributed by atoms with Crippen LogP contribution in [0.5, 0.6) is 0 Å². The molecule has 3 N–H and O–H groups in total. The molecule has 1 spiro atoms.